The van der Waals surface area contributed by atoms with Crippen LogP contribution in [0.25, 0.3) is 0 Å². The Morgan fingerprint density at radius 1 is 0.885 bits per heavy atom. The van der Waals surface area contributed by atoms with E-state index in [1.54, 1.807) is 0 Å². The van der Waals surface area contributed by atoms with Gasteiger partial charge in [-0.15, -0.1) is 0 Å². The first-order valence-electron chi connectivity index (χ1n) is 10.7. The van der Waals surface area contributed by atoms with Crippen molar-refractivity contribution in [2.24, 2.45) is 5.92 Å². The number of rotatable bonds is 11. The molecule has 0 radical (unpaired) electrons. The fraction of sp³-hybridized carbons (Fsp3) is 0.667. The molecule has 0 aromatic heterocycles. The number of hydrogen-bond acceptors (Lipinski definition) is 2. The molecule has 2 nitrogen and oxygen atoms in total. The van der Waals surface area contributed by atoms with Gasteiger partial charge in [0.2, 0.25) is 5.78 Å². The molecule has 2 heteroatoms. The summed E-state index contributed by atoms with van der Waals surface area (Å²) in [6.45, 7) is 3.62. The number of hydrogen-bond donors (Lipinski definition) is 0. The Balaban J connectivity index is 1.69. The number of benzene rings is 1. The fourth-order valence-corrected chi connectivity index (χ4v) is 4.22. The molecule has 0 bridgehead atoms. The molecule has 0 aliphatic heterocycles. The summed E-state index contributed by atoms with van der Waals surface area (Å²) in [6.07, 6.45) is 15.4. The van der Waals surface area contributed by atoms with Gasteiger partial charge in [0.05, 0.1) is 0 Å². The van der Waals surface area contributed by atoms with Crippen molar-refractivity contribution >= 4 is 11.6 Å². The molecular weight excluding hydrogens is 320 g/mol. The van der Waals surface area contributed by atoms with Crippen molar-refractivity contribution in [2.45, 2.75) is 96.8 Å². The van der Waals surface area contributed by atoms with E-state index in [9.17, 15) is 9.59 Å². The number of carbonyl (C=O) groups excluding carboxylic acids is 2. The molecule has 0 amide bonds. The third-order valence-corrected chi connectivity index (χ3v) is 6.02. The topological polar surface area (TPSA) is 34.1 Å². The Morgan fingerprint density at radius 2 is 1.50 bits per heavy atom. The summed E-state index contributed by atoms with van der Waals surface area (Å²) < 4.78 is 0. The summed E-state index contributed by atoms with van der Waals surface area (Å²) in [4.78, 5) is 22.6. The minimum atomic E-state index is -0.349. The highest BCUT2D eigenvalue weighted by molar-refractivity contribution is 6.36. The summed E-state index contributed by atoms with van der Waals surface area (Å²) in [6, 6.07) is 8.39. The van der Waals surface area contributed by atoms with Crippen molar-refractivity contribution in [1.82, 2.24) is 0 Å². The SMILES string of the molecule is CCCCCCCCC1CCC(c2ccc(CC(=O)C(C)=O)cc2)CC1. The molecule has 1 aliphatic rings. The minimum absolute atomic E-state index is 0.237. The Hall–Kier alpha value is -1.44. The van der Waals surface area contributed by atoms with Crippen molar-refractivity contribution in [1.29, 1.82) is 0 Å². The third kappa shape index (κ3) is 7.05. The molecule has 0 N–H and O–H groups in total. The van der Waals surface area contributed by atoms with E-state index in [0.717, 1.165) is 11.5 Å². The lowest BCUT2D eigenvalue weighted by Gasteiger charge is -2.29. The van der Waals surface area contributed by atoms with Crippen LogP contribution in [0.2, 0.25) is 0 Å². The van der Waals surface area contributed by atoms with Crippen molar-refractivity contribution in [3.8, 4) is 0 Å². The van der Waals surface area contributed by atoms with Gasteiger partial charge in [-0.25, -0.2) is 0 Å². The van der Waals surface area contributed by atoms with E-state index in [-0.39, 0.29) is 18.0 Å². The van der Waals surface area contributed by atoms with Crippen LogP contribution in [0.3, 0.4) is 0 Å². The van der Waals surface area contributed by atoms with E-state index in [4.69, 9.17) is 0 Å². The smallest absolute Gasteiger partial charge is 0.202 e. The standard InChI is InChI=1S/C24H36O2/c1-3-4-5-6-7-8-9-20-10-14-22(15-11-20)23-16-12-21(13-17-23)18-24(26)19(2)25/h12-13,16-17,20,22H,3-11,14-15,18H2,1-2H3. The maximum absolute atomic E-state index is 11.5. The lowest BCUT2D eigenvalue weighted by atomic mass is 9.77. The normalized spacial score (nSPS) is 20.1. The van der Waals surface area contributed by atoms with E-state index in [2.05, 4.69) is 19.1 Å². The lowest BCUT2D eigenvalue weighted by molar-refractivity contribution is -0.134. The number of Topliss-reactive ketones (excluding diaryl/α,β-unsaturated/α-hetero) is 2. The molecule has 1 aliphatic carbocycles. The number of unbranched alkanes of at least 4 members (excludes halogenated alkanes) is 5. The molecule has 0 spiro atoms. The molecule has 26 heavy (non-hydrogen) atoms. The molecule has 0 unspecified atom stereocenters. The van der Waals surface area contributed by atoms with Crippen LogP contribution in [0.5, 0.6) is 0 Å². The molecule has 0 heterocycles. The molecule has 2 rings (SSSR count). The number of ketones is 2. The van der Waals surface area contributed by atoms with E-state index >= 15 is 0 Å². The first-order chi connectivity index (χ1) is 12.6. The van der Waals surface area contributed by atoms with Crippen molar-refractivity contribution < 1.29 is 9.59 Å². The third-order valence-electron chi connectivity index (χ3n) is 6.02. The molecule has 0 atom stereocenters. The summed E-state index contributed by atoms with van der Waals surface area (Å²) >= 11 is 0. The van der Waals surface area contributed by atoms with Crippen LogP contribution >= 0.6 is 0 Å². The van der Waals surface area contributed by atoms with Gasteiger partial charge >= 0.3 is 0 Å². The molecule has 1 aromatic carbocycles. The molecule has 144 valence electrons. The van der Waals surface area contributed by atoms with Gasteiger partial charge < -0.3 is 0 Å². The second kappa shape index (κ2) is 11.3. The second-order valence-corrected chi connectivity index (χ2v) is 8.17. The zero-order valence-corrected chi connectivity index (χ0v) is 16.8. The van der Waals surface area contributed by atoms with Gasteiger partial charge in [-0.2, -0.15) is 0 Å². The van der Waals surface area contributed by atoms with Gasteiger partial charge in [0.25, 0.3) is 0 Å². The maximum Gasteiger partial charge on any atom is 0.202 e. The van der Waals surface area contributed by atoms with Gasteiger partial charge in [0.1, 0.15) is 0 Å². The zero-order valence-electron chi connectivity index (χ0n) is 16.8. The molecule has 1 saturated carbocycles. The molecule has 0 saturated heterocycles. The lowest BCUT2D eigenvalue weighted by Crippen LogP contribution is -2.14. The van der Waals surface area contributed by atoms with E-state index in [0.29, 0.717) is 5.92 Å². The van der Waals surface area contributed by atoms with Crippen LogP contribution in [-0.2, 0) is 16.0 Å². The average molecular weight is 357 g/mol. The van der Waals surface area contributed by atoms with E-state index in [1.807, 2.05) is 12.1 Å². The summed E-state index contributed by atoms with van der Waals surface area (Å²) in [7, 11) is 0. The second-order valence-electron chi connectivity index (χ2n) is 8.17. The Morgan fingerprint density at radius 3 is 2.12 bits per heavy atom. The van der Waals surface area contributed by atoms with Crippen LogP contribution in [0.15, 0.2) is 24.3 Å². The first-order valence-corrected chi connectivity index (χ1v) is 10.7. The van der Waals surface area contributed by atoms with Gasteiger partial charge in [0.15, 0.2) is 5.78 Å². The average Bonchev–Trinajstić information content (AvgIpc) is 2.65. The van der Waals surface area contributed by atoms with Crippen LogP contribution in [-0.4, -0.2) is 11.6 Å². The predicted molar refractivity (Wildman–Crippen MR) is 109 cm³/mol. The quantitative estimate of drug-likeness (QED) is 0.339. The van der Waals surface area contributed by atoms with Crippen LogP contribution in [0, 0.1) is 5.92 Å². The fourth-order valence-electron chi connectivity index (χ4n) is 4.22. The molecular formula is C24H36O2. The Labute approximate surface area is 159 Å². The van der Waals surface area contributed by atoms with E-state index < -0.39 is 0 Å². The van der Waals surface area contributed by atoms with Crippen LogP contribution in [0.1, 0.15) is 102 Å². The van der Waals surface area contributed by atoms with Crippen molar-refractivity contribution in [2.75, 3.05) is 0 Å². The van der Waals surface area contributed by atoms with Crippen LogP contribution in [0.4, 0.5) is 0 Å². The molecule has 1 fully saturated rings. The largest absolute Gasteiger partial charge is 0.291 e. The van der Waals surface area contributed by atoms with E-state index in [1.165, 1.54) is 83.1 Å². The van der Waals surface area contributed by atoms with Crippen molar-refractivity contribution in [3.63, 3.8) is 0 Å². The van der Waals surface area contributed by atoms with Crippen molar-refractivity contribution in [3.05, 3.63) is 35.4 Å². The highest BCUT2D eigenvalue weighted by atomic mass is 16.2. The Bertz CT molecular complexity index is 550. The van der Waals surface area contributed by atoms with Crippen LogP contribution < -0.4 is 0 Å². The molecule has 1 aromatic rings. The number of carbonyl (C=O) groups is 2. The highest BCUT2D eigenvalue weighted by Gasteiger charge is 2.22. The van der Waals surface area contributed by atoms with Gasteiger partial charge in [-0.1, -0.05) is 76.1 Å². The minimum Gasteiger partial charge on any atom is -0.291 e. The summed E-state index contributed by atoms with van der Waals surface area (Å²) in [5.74, 6) is 0.962. The van der Waals surface area contributed by atoms with Gasteiger partial charge in [-0.3, -0.25) is 9.59 Å². The van der Waals surface area contributed by atoms with Gasteiger partial charge in [0, 0.05) is 13.3 Å². The summed E-state index contributed by atoms with van der Waals surface area (Å²) in [5.41, 5.74) is 2.35. The monoisotopic (exact) mass is 356 g/mol. The Kier molecular flexibility index (Phi) is 9.08. The first kappa shape index (κ1) is 20.9. The summed E-state index contributed by atoms with van der Waals surface area (Å²) in [5, 5.41) is 0. The highest BCUT2D eigenvalue weighted by Crippen LogP contribution is 2.37. The van der Waals surface area contributed by atoms with Gasteiger partial charge in [-0.05, 0) is 48.6 Å². The maximum atomic E-state index is 11.5. The predicted octanol–water partition coefficient (Wildman–Crippen LogP) is 6.41. The zero-order chi connectivity index (χ0) is 18.8.